The van der Waals surface area contributed by atoms with Gasteiger partial charge in [-0.1, -0.05) is 30.3 Å². The van der Waals surface area contributed by atoms with Crippen molar-refractivity contribution in [3.63, 3.8) is 0 Å². The topological polar surface area (TPSA) is 61.6 Å². The van der Waals surface area contributed by atoms with Crippen molar-refractivity contribution in [3.05, 3.63) is 72.1 Å². The first-order chi connectivity index (χ1) is 11.8. The van der Waals surface area contributed by atoms with Gasteiger partial charge in [-0.05, 0) is 36.8 Å². The summed E-state index contributed by atoms with van der Waals surface area (Å²) in [5.74, 6) is 0.625. The van der Waals surface area contributed by atoms with E-state index in [-0.39, 0.29) is 12.3 Å². The van der Waals surface area contributed by atoms with Gasteiger partial charge in [0.05, 0.1) is 6.61 Å². The molecule has 3 aromatic rings. The molecule has 0 bridgehead atoms. The number of aromatic nitrogens is 1. The van der Waals surface area contributed by atoms with Gasteiger partial charge in [0.25, 0.3) is 0 Å². The summed E-state index contributed by atoms with van der Waals surface area (Å²) >= 11 is 0. The maximum Gasteiger partial charge on any atom is 0.360 e. The standard InChI is InChI=1S/C19H17NO4/c1-2-22-16-10-8-15(9-11-16)18-20-17(13-23-18)19(21)24-12-14-6-4-3-5-7-14/h3-11,13H,2,12H2,1H3. The van der Waals surface area contributed by atoms with Crippen LogP contribution >= 0.6 is 0 Å². The summed E-state index contributed by atoms with van der Waals surface area (Å²) in [6, 6.07) is 16.8. The number of hydrogen-bond donors (Lipinski definition) is 0. The van der Waals surface area contributed by atoms with E-state index in [0.29, 0.717) is 12.5 Å². The number of esters is 1. The van der Waals surface area contributed by atoms with Crippen LogP contribution in [0.2, 0.25) is 0 Å². The fourth-order valence-electron chi connectivity index (χ4n) is 2.16. The molecule has 0 aliphatic rings. The molecule has 122 valence electrons. The van der Waals surface area contributed by atoms with E-state index in [2.05, 4.69) is 4.98 Å². The number of oxazole rings is 1. The van der Waals surface area contributed by atoms with Crippen LogP contribution in [-0.4, -0.2) is 17.6 Å². The minimum atomic E-state index is -0.514. The number of benzene rings is 2. The maximum absolute atomic E-state index is 12.0. The van der Waals surface area contributed by atoms with E-state index in [0.717, 1.165) is 16.9 Å². The molecule has 5 nitrogen and oxygen atoms in total. The summed E-state index contributed by atoms with van der Waals surface area (Å²) in [6.45, 7) is 2.73. The first-order valence-electron chi connectivity index (χ1n) is 7.66. The molecule has 1 heterocycles. The number of ether oxygens (including phenoxy) is 2. The van der Waals surface area contributed by atoms with Crippen LogP contribution in [0.4, 0.5) is 0 Å². The molecule has 0 atom stereocenters. The normalized spacial score (nSPS) is 10.4. The number of nitrogens with zero attached hydrogens (tertiary/aromatic N) is 1. The van der Waals surface area contributed by atoms with Crippen LogP contribution in [0.1, 0.15) is 23.0 Å². The third-order valence-corrected chi connectivity index (χ3v) is 3.34. The van der Waals surface area contributed by atoms with Crippen LogP contribution in [0, 0.1) is 0 Å². The molecule has 0 aliphatic carbocycles. The lowest BCUT2D eigenvalue weighted by molar-refractivity contribution is 0.0465. The van der Waals surface area contributed by atoms with E-state index in [9.17, 15) is 4.79 Å². The second-order valence-corrected chi connectivity index (χ2v) is 5.06. The molecule has 0 saturated heterocycles. The van der Waals surface area contributed by atoms with Crippen molar-refractivity contribution in [2.24, 2.45) is 0 Å². The fraction of sp³-hybridized carbons (Fsp3) is 0.158. The van der Waals surface area contributed by atoms with Crippen LogP contribution < -0.4 is 4.74 Å². The van der Waals surface area contributed by atoms with E-state index >= 15 is 0 Å². The van der Waals surface area contributed by atoms with Crippen LogP contribution in [0.3, 0.4) is 0 Å². The Bertz CT molecular complexity index is 794. The highest BCUT2D eigenvalue weighted by Gasteiger charge is 2.15. The summed E-state index contributed by atoms with van der Waals surface area (Å²) in [6.07, 6.45) is 1.30. The highest BCUT2D eigenvalue weighted by molar-refractivity contribution is 5.87. The SMILES string of the molecule is CCOc1ccc(-c2nc(C(=O)OCc3ccccc3)co2)cc1. The van der Waals surface area contributed by atoms with Gasteiger partial charge >= 0.3 is 5.97 Å². The first-order valence-corrected chi connectivity index (χ1v) is 7.66. The Hall–Kier alpha value is -3.08. The third-order valence-electron chi connectivity index (χ3n) is 3.34. The lowest BCUT2D eigenvalue weighted by atomic mass is 10.2. The first kappa shape index (κ1) is 15.8. The Balaban J connectivity index is 1.65. The smallest absolute Gasteiger partial charge is 0.360 e. The largest absolute Gasteiger partial charge is 0.494 e. The zero-order valence-corrected chi connectivity index (χ0v) is 13.3. The summed E-state index contributed by atoms with van der Waals surface area (Å²) in [5.41, 5.74) is 1.83. The van der Waals surface area contributed by atoms with E-state index in [1.165, 1.54) is 6.26 Å². The van der Waals surface area contributed by atoms with E-state index < -0.39 is 5.97 Å². The Morgan fingerprint density at radius 1 is 1.08 bits per heavy atom. The van der Waals surface area contributed by atoms with Crippen molar-refractivity contribution in [2.75, 3.05) is 6.61 Å². The van der Waals surface area contributed by atoms with Crippen molar-refractivity contribution in [3.8, 4) is 17.2 Å². The monoisotopic (exact) mass is 323 g/mol. The van der Waals surface area contributed by atoms with Gasteiger partial charge in [0.1, 0.15) is 18.6 Å². The third kappa shape index (κ3) is 3.81. The molecule has 24 heavy (non-hydrogen) atoms. The lowest BCUT2D eigenvalue weighted by Gasteiger charge is -2.03. The Kier molecular flexibility index (Phi) is 4.91. The number of carbonyl (C=O) groups is 1. The highest BCUT2D eigenvalue weighted by atomic mass is 16.5. The lowest BCUT2D eigenvalue weighted by Crippen LogP contribution is -2.05. The minimum absolute atomic E-state index is 0.148. The van der Waals surface area contributed by atoms with E-state index in [1.807, 2.05) is 61.5 Å². The van der Waals surface area contributed by atoms with Crippen molar-refractivity contribution in [1.82, 2.24) is 4.98 Å². The average Bonchev–Trinajstić information content (AvgIpc) is 3.12. The zero-order chi connectivity index (χ0) is 16.8. The zero-order valence-electron chi connectivity index (χ0n) is 13.3. The second kappa shape index (κ2) is 7.46. The van der Waals surface area contributed by atoms with E-state index in [4.69, 9.17) is 13.9 Å². The summed E-state index contributed by atoms with van der Waals surface area (Å²) in [5, 5.41) is 0. The van der Waals surface area contributed by atoms with Crippen molar-refractivity contribution >= 4 is 5.97 Å². The summed E-state index contributed by atoms with van der Waals surface area (Å²) in [7, 11) is 0. The van der Waals surface area contributed by atoms with Crippen LogP contribution in [0.5, 0.6) is 5.75 Å². The molecule has 0 aliphatic heterocycles. The molecule has 0 fully saturated rings. The van der Waals surface area contributed by atoms with Gasteiger partial charge < -0.3 is 13.9 Å². The predicted octanol–water partition coefficient (Wildman–Crippen LogP) is 4.10. The molecule has 3 rings (SSSR count). The van der Waals surface area contributed by atoms with Gasteiger partial charge in [0.2, 0.25) is 5.89 Å². The molecule has 0 saturated carbocycles. The Morgan fingerprint density at radius 2 is 1.83 bits per heavy atom. The average molecular weight is 323 g/mol. The Morgan fingerprint density at radius 3 is 2.54 bits per heavy atom. The van der Waals surface area contributed by atoms with Gasteiger partial charge in [-0.3, -0.25) is 0 Å². The molecule has 2 aromatic carbocycles. The molecule has 0 amide bonds. The van der Waals surface area contributed by atoms with Gasteiger partial charge in [0, 0.05) is 5.56 Å². The molecule has 1 aromatic heterocycles. The van der Waals surface area contributed by atoms with Crippen LogP contribution in [0.25, 0.3) is 11.5 Å². The molecular formula is C19H17NO4. The van der Waals surface area contributed by atoms with Crippen LogP contribution in [0.15, 0.2) is 65.3 Å². The maximum atomic E-state index is 12.0. The van der Waals surface area contributed by atoms with Crippen molar-refractivity contribution in [1.29, 1.82) is 0 Å². The number of hydrogen-bond acceptors (Lipinski definition) is 5. The molecule has 0 N–H and O–H groups in total. The van der Waals surface area contributed by atoms with Crippen LogP contribution in [-0.2, 0) is 11.3 Å². The molecule has 0 unspecified atom stereocenters. The predicted molar refractivity (Wildman–Crippen MR) is 88.7 cm³/mol. The number of carbonyl (C=O) groups excluding carboxylic acids is 1. The van der Waals surface area contributed by atoms with E-state index in [1.54, 1.807) is 0 Å². The highest BCUT2D eigenvalue weighted by Crippen LogP contribution is 2.22. The quantitative estimate of drug-likeness (QED) is 0.639. The van der Waals surface area contributed by atoms with Gasteiger partial charge in [-0.25, -0.2) is 9.78 Å². The molecule has 0 spiro atoms. The Labute approximate surface area is 139 Å². The van der Waals surface area contributed by atoms with Gasteiger partial charge in [-0.15, -0.1) is 0 Å². The van der Waals surface area contributed by atoms with Crippen molar-refractivity contribution in [2.45, 2.75) is 13.5 Å². The minimum Gasteiger partial charge on any atom is -0.494 e. The summed E-state index contributed by atoms with van der Waals surface area (Å²) in [4.78, 5) is 16.2. The summed E-state index contributed by atoms with van der Waals surface area (Å²) < 4.78 is 16.0. The number of rotatable bonds is 6. The van der Waals surface area contributed by atoms with Gasteiger partial charge in [-0.2, -0.15) is 0 Å². The molecule has 5 heteroatoms. The van der Waals surface area contributed by atoms with Gasteiger partial charge in [0.15, 0.2) is 5.69 Å². The fourth-order valence-corrected chi connectivity index (χ4v) is 2.16. The second-order valence-electron chi connectivity index (χ2n) is 5.06. The molecular weight excluding hydrogens is 306 g/mol. The molecule has 0 radical (unpaired) electrons. The van der Waals surface area contributed by atoms with Crippen molar-refractivity contribution < 1.29 is 18.7 Å².